The lowest BCUT2D eigenvalue weighted by Crippen LogP contribution is -2.38. The van der Waals surface area contributed by atoms with E-state index in [4.69, 9.17) is 0 Å². The van der Waals surface area contributed by atoms with Crippen molar-refractivity contribution >= 4 is 16.3 Å². The molecule has 13 heavy (non-hydrogen) atoms. The molecule has 2 N–H and O–H groups in total. The summed E-state index contributed by atoms with van der Waals surface area (Å²) in [5, 5.41) is 10.1. The van der Waals surface area contributed by atoms with Gasteiger partial charge in [-0.25, -0.2) is 0 Å². The molecule has 74 valence electrons. The molecule has 1 aromatic heterocycles. The Hall–Kier alpha value is -0.540. The summed E-state index contributed by atoms with van der Waals surface area (Å²) in [5.74, 6) is 0. The highest BCUT2D eigenvalue weighted by molar-refractivity contribution is 7.14. The predicted octanol–water partition coefficient (Wildman–Crippen LogP) is 2.55. The zero-order chi connectivity index (χ0) is 9.73. The molecule has 0 radical (unpaired) electrons. The van der Waals surface area contributed by atoms with Crippen molar-refractivity contribution in [3.05, 3.63) is 17.5 Å². The van der Waals surface area contributed by atoms with Crippen LogP contribution in [-0.4, -0.2) is 18.6 Å². The molecule has 0 fully saturated rings. The molecule has 0 aromatic carbocycles. The van der Waals surface area contributed by atoms with Crippen LogP contribution in [-0.2, 0) is 0 Å². The quantitative estimate of drug-likeness (QED) is 0.727. The number of thiophene rings is 1. The van der Waals surface area contributed by atoms with Gasteiger partial charge in [-0.15, -0.1) is 11.3 Å². The smallest absolute Gasteiger partial charge is 0.0882 e. The first-order chi connectivity index (χ1) is 6.08. The zero-order valence-corrected chi connectivity index (χ0v) is 9.37. The fraction of sp³-hybridized carbons (Fsp3) is 0.600. The average Bonchev–Trinajstić information content (AvgIpc) is 2.48. The van der Waals surface area contributed by atoms with Crippen LogP contribution in [0.15, 0.2) is 17.5 Å². The maximum Gasteiger partial charge on any atom is 0.0882 e. The molecule has 1 aromatic rings. The monoisotopic (exact) mass is 198 g/mol. The SMILES string of the molecule is CC(C)(C)NCCNc1cccs1. The van der Waals surface area contributed by atoms with Gasteiger partial charge in [0.2, 0.25) is 0 Å². The Bertz CT molecular complexity index is 224. The first kappa shape index (κ1) is 10.5. The van der Waals surface area contributed by atoms with Crippen LogP contribution < -0.4 is 10.6 Å². The molecule has 3 heteroatoms. The van der Waals surface area contributed by atoms with Crippen LogP contribution in [0.3, 0.4) is 0 Å². The molecule has 0 aliphatic rings. The van der Waals surface area contributed by atoms with E-state index in [9.17, 15) is 0 Å². The van der Waals surface area contributed by atoms with E-state index >= 15 is 0 Å². The fourth-order valence-corrected chi connectivity index (χ4v) is 1.65. The molecule has 0 saturated heterocycles. The molecule has 0 aliphatic heterocycles. The van der Waals surface area contributed by atoms with E-state index in [1.165, 1.54) is 5.00 Å². The summed E-state index contributed by atoms with van der Waals surface area (Å²) in [5.41, 5.74) is 0.219. The van der Waals surface area contributed by atoms with Crippen LogP contribution >= 0.6 is 11.3 Å². The molecular formula is C10H18N2S. The number of hydrogen-bond donors (Lipinski definition) is 2. The van der Waals surface area contributed by atoms with Crippen molar-refractivity contribution in [3.8, 4) is 0 Å². The standard InChI is InChI=1S/C10H18N2S/c1-10(2,3)12-7-6-11-9-5-4-8-13-9/h4-5,8,11-12H,6-7H2,1-3H3. The van der Waals surface area contributed by atoms with Crippen LogP contribution in [0.5, 0.6) is 0 Å². The van der Waals surface area contributed by atoms with Gasteiger partial charge in [-0.1, -0.05) is 0 Å². The molecule has 0 amide bonds. The molecular weight excluding hydrogens is 180 g/mol. The van der Waals surface area contributed by atoms with Crippen molar-refractivity contribution in [2.24, 2.45) is 0 Å². The first-order valence-electron chi connectivity index (χ1n) is 4.60. The van der Waals surface area contributed by atoms with Gasteiger partial charge in [-0.05, 0) is 38.3 Å². The van der Waals surface area contributed by atoms with Gasteiger partial charge in [-0.2, -0.15) is 0 Å². The molecule has 1 rings (SSSR count). The van der Waals surface area contributed by atoms with Crippen LogP contribution in [0.25, 0.3) is 0 Å². The second-order valence-electron chi connectivity index (χ2n) is 4.08. The minimum atomic E-state index is 0.219. The summed E-state index contributed by atoms with van der Waals surface area (Å²) in [6, 6.07) is 4.16. The maximum atomic E-state index is 3.43. The Labute approximate surface area is 84.4 Å². The van der Waals surface area contributed by atoms with Crippen molar-refractivity contribution in [2.75, 3.05) is 18.4 Å². The van der Waals surface area contributed by atoms with Crippen LogP contribution in [0.4, 0.5) is 5.00 Å². The van der Waals surface area contributed by atoms with Crippen molar-refractivity contribution in [1.29, 1.82) is 0 Å². The summed E-state index contributed by atoms with van der Waals surface area (Å²) in [4.78, 5) is 0. The summed E-state index contributed by atoms with van der Waals surface area (Å²) in [7, 11) is 0. The molecule has 0 unspecified atom stereocenters. The second kappa shape index (κ2) is 4.63. The molecule has 0 saturated carbocycles. The number of rotatable bonds is 4. The van der Waals surface area contributed by atoms with Crippen molar-refractivity contribution in [2.45, 2.75) is 26.3 Å². The van der Waals surface area contributed by atoms with Crippen LogP contribution in [0.2, 0.25) is 0 Å². The lowest BCUT2D eigenvalue weighted by Gasteiger charge is -2.20. The second-order valence-corrected chi connectivity index (χ2v) is 5.03. The summed E-state index contributed by atoms with van der Waals surface area (Å²) >= 11 is 1.74. The zero-order valence-electron chi connectivity index (χ0n) is 8.55. The van der Waals surface area contributed by atoms with Crippen LogP contribution in [0, 0.1) is 0 Å². The normalized spacial score (nSPS) is 11.6. The summed E-state index contributed by atoms with van der Waals surface area (Å²) in [6.45, 7) is 8.52. The first-order valence-corrected chi connectivity index (χ1v) is 5.48. The molecule has 0 spiro atoms. The van der Waals surface area contributed by atoms with E-state index < -0.39 is 0 Å². The Morgan fingerprint density at radius 2 is 2.08 bits per heavy atom. The lowest BCUT2D eigenvalue weighted by atomic mass is 10.1. The molecule has 2 nitrogen and oxygen atoms in total. The van der Waals surface area contributed by atoms with Gasteiger partial charge >= 0.3 is 0 Å². The maximum absolute atomic E-state index is 3.43. The predicted molar refractivity (Wildman–Crippen MR) is 60.6 cm³/mol. The Balaban J connectivity index is 2.09. The number of hydrogen-bond acceptors (Lipinski definition) is 3. The topological polar surface area (TPSA) is 24.1 Å². The molecule has 0 atom stereocenters. The third-order valence-corrected chi connectivity index (χ3v) is 2.43. The minimum absolute atomic E-state index is 0.219. The van der Waals surface area contributed by atoms with E-state index in [2.05, 4.69) is 48.9 Å². The van der Waals surface area contributed by atoms with E-state index in [1.807, 2.05) is 0 Å². The lowest BCUT2D eigenvalue weighted by molar-refractivity contribution is 0.435. The average molecular weight is 198 g/mol. The Morgan fingerprint density at radius 3 is 2.62 bits per heavy atom. The summed E-state index contributed by atoms with van der Waals surface area (Å²) in [6.07, 6.45) is 0. The molecule has 1 heterocycles. The van der Waals surface area contributed by atoms with Gasteiger partial charge in [0.25, 0.3) is 0 Å². The van der Waals surface area contributed by atoms with Crippen molar-refractivity contribution in [3.63, 3.8) is 0 Å². The third kappa shape index (κ3) is 4.90. The molecule has 0 bridgehead atoms. The Morgan fingerprint density at radius 1 is 1.31 bits per heavy atom. The summed E-state index contributed by atoms with van der Waals surface area (Å²) < 4.78 is 0. The largest absolute Gasteiger partial charge is 0.376 e. The third-order valence-electron chi connectivity index (χ3n) is 1.60. The van der Waals surface area contributed by atoms with Gasteiger partial charge in [0.05, 0.1) is 5.00 Å². The number of anilines is 1. The highest BCUT2D eigenvalue weighted by Crippen LogP contribution is 2.13. The van der Waals surface area contributed by atoms with Gasteiger partial charge in [0.15, 0.2) is 0 Å². The van der Waals surface area contributed by atoms with Gasteiger partial charge < -0.3 is 10.6 Å². The van der Waals surface area contributed by atoms with E-state index in [-0.39, 0.29) is 5.54 Å². The highest BCUT2D eigenvalue weighted by Gasteiger charge is 2.06. The minimum Gasteiger partial charge on any atom is -0.376 e. The van der Waals surface area contributed by atoms with E-state index in [0.29, 0.717) is 0 Å². The Kier molecular flexibility index (Phi) is 3.75. The highest BCUT2D eigenvalue weighted by atomic mass is 32.1. The van der Waals surface area contributed by atoms with Gasteiger partial charge in [-0.3, -0.25) is 0 Å². The van der Waals surface area contributed by atoms with Crippen LogP contribution in [0.1, 0.15) is 20.8 Å². The van der Waals surface area contributed by atoms with Gasteiger partial charge in [0.1, 0.15) is 0 Å². The van der Waals surface area contributed by atoms with Crippen molar-refractivity contribution < 1.29 is 0 Å². The van der Waals surface area contributed by atoms with Gasteiger partial charge in [0, 0.05) is 18.6 Å². The van der Waals surface area contributed by atoms with E-state index in [0.717, 1.165) is 13.1 Å². The molecule has 0 aliphatic carbocycles. The van der Waals surface area contributed by atoms with E-state index in [1.54, 1.807) is 11.3 Å². The fourth-order valence-electron chi connectivity index (χ4n) is 1.00. The van der Waals surface area contributed by atoms with Crippen molar-refractivity contribution in [1.82, 2.24) is 5.32 Å². The number of nitrogens with one attached hydrogen (secondary N) is 2.